The molecule has 0 N–H and O–H groups in total. The number of halogens is 4. The Morgan fingerprint density at radius 2 is 1.70 bits per heavy atom. The van der Waals surface area contributed by atoms with Crippen molar-refractivity contribution in [1.29, 1.82) is 0 Å². The topological polar surface area (TPSA) is 90.6 Å². The van der Waals surface area contributed by atoms with Crippen LogP contribution in [-0.2, 0) is 22.9 Å². The van der Waals surface area contributed by atoms with Gasteiger partial charge in [0.15, 0.2) is 17.5 Å². The molecule has 5 aromatic rings. The molecule has 3 aromatic heterocycles. The van der Waals surface area contributed by atoms with Crippen molar-refractivity contribution in [2.45, 2.75) is 50.3 Å². The van der Waals surface area contributed by atoms with Gasteiger partial charge in [0.2, 0.25) is 5.28 Å². The molecular formula is C31H27ClF3N5O2S. The van der Waals surface area contributed by atoms with Gasteiger partial charge in [-0.05, 0) is 73.9 Å². The fraction of sp³-hybridized carbons (Fsp3) is 0.290. The summed E-state index contributed by atoms with van der Waals surface area (Å²) in [5.74, 6) is -2.08. The van der Waals surface area contributed by atoms with Gasteiger partial charge in [0.05, 0.1) is 16.8 Å². The highest BCUT2D eigenvalue weighted by Crippen LogP contribution is 2.36. The Morgan fingerprint density at radius 3 is 2.44 bits per heavy atom. The van der Waals surface area contributed by atoms with E-state index in [0.29, 0.717) is 18.4 Å². The molecule has 1 aliphatic rings. The Labute approximate surface area is 251 Å². The van der Waals surface area contributed by atoms with Crippen LogP contribution < -0.4 is 0 Å². The van der Waals surface area contributed by atoms with Crippen LogP contribution in [0.15, 0.2) is 66.0 Å². The highest BCUT2D eigenvalue weighted by Gasteiger charge is 2.28. The first kappa shape index (κ1) is 29.3. The lowest BCUT2D eigenvalue weighted by Crippen LogP contribution is -2.20. The highest BCUT2D eigenvalue weighted by atomic mass is 35.5. The van der Waals surface area contributed by atoms with Crippen molar-refractivity contribution in [3.8, 4) is 11.4 Å². The van der Waals surface area contributed by atoms with E-state index in [9.17, 15) is 12.8 Å². The Bertz CT molecular complexity index is 1930. The van der Waals surface area contributed by atoms with Crippen LogP contribution in [0.1, 0.15) is 42.6 Å². The molecule has 0 spiro atoms. The van der Waals surface area contributed by atoms with Crippen molar-refractivity contribution in [2.75, 3.05) is 0 Å². The molecule has 43 heavy (non-hydrogen) atoms. The molecular weight excluding hydrogens is 599 g/mol. The minimum Gasteiger partial charge on any atom is -0.237 e. The minimum absolute atomic E-state index is 0.0211. The van der Waals surface area contributed by atoms with Crippen LogP contribution in [0.5, 0.6) is 0 Å². The fourth-order valence-electron chi connectivity index (χ4n) is 5.94. The van der Waals surface area contributed by atoms with Gasteiger partial charge < -0.3 is 0 Å². The minimum atomic E-state index is -4.27. The number of benzene rings is 2. The van der Waals surface area contributed by atoms with Gasteiger partial charge in [-0.3, -0.25) is 0 Å². The van der Waals surface area contributed by atoms with Crippen LogP contribution >= 0.6 is 11.6 Å². The quantitative estimate of drug-likeness (QED) is 0.179. The summed E-state index contributed by atoms with van der Waals surface area (Å²) >= 11 is 5.94. The summed E-state index contributed by atoms with van der Waals surface area (Å²) < 4.78 is 72.6. The Morgan fingerprint density at radius 1 is 0.953 bits per heavy atom. The molecule has 0 radical (unpaired) electrons. The lowest BCUT2D eigenvalue weighted by Gasteiger charge is -2.29. The lowest BCUT2D eigenvalue weighted by molar-refractivity contribution is 0.259. The van der Waals surface area contributed by atoms with Gasteiger partial charge in [-0.25, -0.2) is 45.5 Å². The average Bonchev–Trinajstić information content (AvgIpc) is 3.35. The molecule has 0 bridgehead atoms. The molecule has 1 fully saturated rings. The van der Waals surface area contributed by atoms with Crippen LogP contribution in [0.4, 0.5) is 13.2 Å². The van der Waals surface area contributed by atoms with Crippen LogP contribution in [0.2, 0.25) is 5.28 Å². The summed E-state index contributed by atoms with van der Waals surface area (Å²) in [4.78, 5) is 16.7. The fourth-order valence-corrected chi connectivity index (χ4v) is 7.48. The first-order valence-electron chi connectivity index (χ1n) is 13.9. The highest BCUT2D eigenvalue weighted by molar-refractivity contribution is 7.90. The number of aromatic nitrogens is 5. The molecule has 1 saturated carbocycles. The van der Waals surface area contributed by atoms with Crippen molar-refractivity contribution in [2.24, 2.45) is 11.8 Å². The molecule has 2 aromatic carbocycles. The van der Waals surface area contributed by atoms with Crippen molar-refractivity contribution < 1.29 is 21.6 Å². The number of nitrogens with zero attached hydrogens (tertiary/aromatic N) is 5. The van der Waals surface area contributed by atoms with E-state index in [2.05, 4.69) is 19.9 Å². The van der Waals surface area contributed by atoms with Crippen LogP contribution in [0.25, 0.3) is 22.3 Å². The summed E-state index contributed by atoms with van der Waals surface area (Å²) in [6.45, 7) is 1.81. The standard InChI is InChI=1S/C31H27ClF3N5O2S/c1-18-5-7-23(8-6-18)43(41,42)40-17-25(24-14-21(33)15-26(34)29(24)40)30-37-16-27(35)28(39-30)13-20-4-2-3-19(11-20)12-22-9-10-36-31(32)38-22/h5-10,14-17,19-20H,2-4,11-13H2,1H3/t19-,20+/m0/s1. The summed E-state index contributed by atoms with van der Waals surface area (Å²) in [7, 11) is -4.27. The molecule has 0 amide bonds. The molecule has 0 unspecified atom stereocenters. The third kappa shape index (κ3) is 6.01. The van der Waals surface area contributed by atoms with E-state index in [1.807, 2.05) is 13.0 Å². The second-order valence-electron chi connectivity index (χ2n) is 11.1. The van der Waals surface area contributed by atoms with Crippen LogP contribution in [0, 0.1) is 36.2 Å². The molecule has 0 aliphatic heterocycles. The van der Waals surface area contributed by atoms with E-state index in [0.717, 1.165) is 59.6 Å². The van der Waals surface area contributed by atoms with Crippen molar-refractivity contribution in [3.05, 3.63) is 101 Å². The summed E-state index contributed by atoms with van der Waals surface area (Å²) in [6, 6.07) is 9.59. The summed E-state index contributed by atoms with van der Waals surface area (Å²) in [5.41, 5.74) is 1.61. The zero-order valence-electron chi connectivity index (χ0n) is 23.1. The Balaban J connectivity index is 1.34. The maximum atomic E-state index is 15.2. The zero-order chi connectivity index (χ0) is 30.3. The summed E-state index contributed by atoms with van der Waals surface area (Å²) in [5, 5.41) is 0.167. The molecule has 7 nitrogen and oxygen atoms in total. The van der Waals surface area contributed by atoms with Crippen LogP contribution in [-0.4, -0.2) is 32.3 Å². The monoisotopic (exact) mass is 625 g/mol. The van der Waals surface area contributed by atoms with E-state index in [1.165, 1.54) is 18.3 Å². The molecule has 1 aliphatic carbocycles. The van der Waals surface area contributed by atoms with Crippen molar-refractivity contribution >= 4 is 32.5 Å². The number of aryl methyl sites for hydroxylation is 1. The smallest absolute Gasteiger partial charge is 0.237 e. The SMILES string of the molecule is Cc1ccc(S(=O)(=O)n2cc(-c3ncc(F)c(C[C@@H]4CCC[C@H](Cc5ccnc(Cl)n5)C4)n3)c3cc(F)cc(F)c32)cc1. The van der Waals surface area contributed by atoms with Gasteiger partial charge in [0, 0.05) is 35.1 Å². The van der Waals surface area contributed by atoms with E-state index < -0.39 is 27.5 Å². The van der Waals surface area contributed by atoms with Crippen LogP contribution in [0.3, 0.4) is 0 Å². The molecule has 6 rings (SSSR count). The van der Waals surface area contributed by atoms with Gasteiger partial charge in [-0.1, -0.05) is 37.0 Å². The maximum absolute atomic E-state index is 15.2. The van der Waals surface area contributed by atoms with E-state index in [4.69, 9.17) is 11.6 Å². The maximum Gasteiger partial charge on any atom is 0.268 e. The van der Waals surface area contributed by atoms with Crippen molar-refractivity contribution in [1.82, 2.24) is 23.9 Å². The zero-order valence-corrected chi connectivity index (χ0v) is 24.7. The number of fused-ring (bicyclic) bond motifs is 1. The van der Waals surface area contributed by atoms with Gasteiger partial charge in [0.1, 0.15) is 11.3 Å². The Hall–Kier alpha value is -3.83. The molecule has 3 heterocycles. The van der Waals surface area contributed by atoms with Gasteiger partial charge in [-0.2, -0.15) is 0 Å². The third-order valence-electron chi connectivity index (χ3n) is 7.98. The van der Waals surface area contributed by atoms with E-state index in [1.54, 1.807) is 18.3 Å². The molecule has 0 saturated heterocycles. The van der Waals surface area contributed by atoms with Gasteiger partial charge in [0.25, 0.3) is 10.0 Å². The number of hydrogen-bond acceptors (Lipinski definition) is 6. The Kier molecular flexibility index (Phi) is 7.95. The average molecular weight is 626 g/mol. The predicted octanol–water partition coefficient (Wildman–Crippen LogP) is 7.10. The van der Waals surface area contributed by atoms with E-state index in [-0.39, 0.29) is 44.1 Å². The first-order chi connectivity index (χ1) is 20.6. The normalized spacial score (nSPS) is 17.4. The van der Waals surface area contributed by atoms with Gasteiger partial charge >= 0.3 is 0 Å². The second kappa shape index (κ2) is 11.7. The van der Waals surface area contributed by atoms with Gasteiger partial charge in [-0.15, -0.1) is 0 Å². The summed E-state index contributed by atoms with van der Waals surface area (Å²) in [6.07, 6.45) is 8.61. The lowest BCUT2D eigenvalue weighted by atomic mass is 9.77. The molecule has 12 heteroatoms. The van der Waals surface area contributed by atoms with Crippen molar-refractivity contribution in [3.63, 3.8) is 0 Å². The second-order valence-corrected chi connectivity index (χ2v) is 13.2. The number of hydrogen-bond donors (Lipinski definition) is 0. The number of rotatable bonds is 7. The van der Waals surface area contributed by atoms with E-state index >= 15 is 8.78 Å². The predicted molar refractivity (Wildman–Crippen MR) is 156 cm³/mol. The largest absolute Gasteiger partial charge is 0.268 e. The first-order valence-corrected chi connectivity index (χ1v) is 15.7. The third-order valence-corrected chi connectivity index (χ3v) is 9.83. The molecule has 2 atom stereocenters. The molecule has 222 valence electrons.